The first kappa shape index (κ1) is 16.9. The maximum atomic E-state index is 13.5. The second-order valence-electron chi connectivity index (χ2n) is 5.19. The third kappa shape index (κ3) is 4.70. The number of nitrogens with two attached hydrogens (primary N) is 1. The van der Waals surface area contributed by atoms with Gasteiger partial charge in [-0.15, -0.1) is 0 Å². The second-order valence-corrected chi connectivity index (χ2v) is 5.19. The Hall–Kier alpha value is -2.18. The average Bonchev–Trinajstić information content (AvgIpc) is 2.39. The van der Waals surface area contributed by atoms with E-state index in [9.17, 15) is 18.4 Å². The van der Waals surface area contributed by atoms with Crippen molar-refractivity contribution in [2.45, 2.75) is 26.8 Å². The van der Waals surface area contributed by atoms with Gasteiger partial charge in [0.1, 0.15) is 17.7 Å². The number of halogens is 2. The molecule has 0 spiro atoms. The van der Waals surface area contributed by atoms with Gasteiger partial charge >= 0.3 is 0 Å². The van der Waals surface area contributed by atoms with E-state index in [4.69, 9.17) is 5.73 Å². The van der Waals surface area contributed by atoms with Crippen LogP contribution >= 0.6 is 0 Å². The van der Waals surface area contributed by atoms with E-state index in [1.54, 1.807) is 0 Å². The van der Waals surface area contributed by atoms with Crippen LogP contribution < -0.4 is 16.4 Å². The largest absolute Gasteiger partial charge is 0.396 e. The molecule has 116 valence electrons. The fraction of sp³-hybridized carbons (Fsp3) is 0.429. The van der Waals surface area contributed by atoms with Crippen molar-refractivity contribution in [3.8, 4) is 0 Å². The number of nitrogens with one attached hydrogen (secondary N) is 2. The molecule has 0 heterocycles. The summed E-state index contributed by atoms with van der Waals surface area (Å²) in [4.78, 5) is 23.6. The van der Waals surface area contributed by atoms with E-state index in [0.29, 0.717) is 12.6 Å². The summed E-state index contributed by atoms with van der Waals surface area (Å²) in [6.45, 7) is 5.80. The minimum Gasteiger partial charge on any atom is -0.396 e. The Balaban J connectivity index is 2.73. The molecule has 0 aromatic heterocycles. The van der Waals surface area contributed by atoms with Crippen molar-refractivity contribution in [3.05, 3.63) is 29.3 Å². The minimum absolute atomic E-state index is 0.270. The predicted molar refractivity (Wildman–Crippen MR) is 75.5 cm³/mol. The van der Waals surface area contributed by atoms with E-state index in [0.717, 1.165) is 6.07 Å². The fourth-order valence-electron chi connectivity index (χ4n) is 1.54. The zero-order valence-corrected chi connectivity index (χ0v) is 12.2. The Labute approximate surface area is 121 Å². The molecule has 0 aliphatic heterocycles. The van der Waals surface area contributed by atoms with Gasteiger partial charge in [-0.25, -0.2) is 8.78 Å². The van der Waals surface area contributed by atoms with Crippen LogP contribution in [0.15, 0.2) is 12.1 Å². The predicted octanol–water partition coefficient (Wildman–Crippen LogP) is 1.44. The van der Waals surface area contributed by atoms with Crippen molar-refractivity contribution in [1.29, 1.82) is 0 Å². The molecular formula is C14H19F2N3O2. The number of hydrogen-bond donors (Lipinski definition) is 3. The molecule has 21 heavy (non-hydrogen) atoms. The van der Waals surface area contributed by atoms with Crippen LogP contribution in [0, 0.1) is 17.6 Å². The Morgan fingerprint density at radius 1 is 1.19 bits per heavy atom. The highest BCUT2D eigenvalue weighted by atomic mass is 19.1. The first-order valence-corrected chi connectivity index (χ1v) is 6.55. The minimum atomic E-state index is -1.03. The summed E-state index contributed by atoms with van der Waals surface area (Å²) in [6.07, 6.45) is 0. The molecule has 0 radical (unpaired) electrons. The van der Waals surface area contributed by atoms with Crippen molar-refractivity contribution in [3.63, 3.8) is 0 Å². The highest BCUT2D eigenvalue weighted by Crippen LogP contribution is 2.16. The van der Waals surface area contributed by atoms with Crippen LogP contribution in [0.1, 0.15) is 31.1 Å². The maximum absolute atomic E-state index is 13.5. The second kappa shape index (κ2) is 7.01. The molecule has 2 amide bonds. The Morgan fingerprint density at radius 2 is 1.81 bits per heavy atom. The van der Waals surface area contributed by atoms with Gasteiger partial charge in [-0.05, 0) is 18.9 Å². The van der Waals surface area contributed by atoms with Gasteiger partial charge in [0.2, 0.25) is 5.91 Å². The van der Waals surface area contributed by atoms with Crippen LogP contribution in [0.3, 0.4) is 0 Å². The fourth-order valence-corrected chi connectivity index (χ4v) is 1.54. The molecule has 0 saturated heterocycles. The molecular weight excluding hydrogens is 280 g/mol. The third-order valence-corrected chi connectivity index (χ3v) is 2.76. The molecule has 7 heteroatoms. The number of rotatable bonds is 5. The number of hydrogen-bond acceptors (Lipinski definition) is 3. The molecule has 0 saturated carbocycles. The molecule has 4 N–H and O–H groups in total. The molecule has 1 atom stereocenters. The Kier molecular flexibility index (Phi) is 5.63. The normalized spacial score (nSPS) is 12.1. The monoisotopic (exact) mass is 299 g/mol. The van der Waals surface area contributed by atoms with Gasteiger partial charge in [0.25, 0.3) is 5.91 Å². The summed E-state index contributed by atoms with van der Waals surface area (Å²) < 4.78 is 26.6. The van der Waals surface area contributed by atoms with Crippen LogP contribution in [0.25, 0.3) is 0 Å². The van der Waals surface area contributed by atoms with E-state index in [2.05, 4.69) is 10.6 Å². The molecule has 1 unspecified atom stereocenters. The molecule has 0 bridgehead atoms. The van der Waals surface area contributed by atoms with Gasteiger partial charge in [-0.1, -0.05) is 13.8 Å². The van der Waals surface area contributed by atoms with E-state index in [1.807, 2.05) is 13.8 Å². The summed E-state index contributed by atoms with van der Waals surface area (Å²) >= 11 is 0. The Bertz CT molecular complexity index is 547. The highest BCUT2D eigenvalue weighted by Gasteiger charge is 2.20. The lowest BCUT2D eigenvalue weighted by molar-refractivity contribution is -0.122. The Morgan fingerprint density at radius 3 is 2.38 bits per heavy atom. The standard InChI is InChI=1S/C14H19F2N3O2/c1-7(2)6-18-13(20)8(3)19-14(21)9-4-12(17)11(16)5-10(9)15/h4-5,7-8H,6,17H2,1-3H3,(H,18,20)(H,19,21). The topological polar surface area (TPSA) is 84.2 Å². The number of carbonyl (C=O) groups excluding carboxylic acids is 2. The van der Waals surface area contributed by atoms with Gasteiger partial charge in [0.05, 0.1) is 11.3 Å². The van der Waals surface area contributed by atoms with Crippen LogP contribution in [0.4, 0.5) is 14.5 Å². The first-order chi connectivity index (χ1) is 9.72. The lowest BCUT2D eigenvalue weighted by atomic mass is 10.1. The van der Waals surface area contributed by atoms with E-state index < -0.39 is 29.1 Å². The van der Waals surface area contributed by atoms with Gasteiger partial charge in [0, 0.05) is 12.6 Å². The molecule has 5 nitrogen and oxygen atoms in total. The number of amides is 2. The molecule has 1 rings (SSSR count). The van der Waals surface area contributed by atoms with Crippen molar-refractivity contribution in [1.82, 2.24) is 10.6 Å². The van der Waals surface area contributed by atoms with Crippen LogP contribution in [0.2, 0.25) is 0 Å². The lowest BCUT2D eigenvalue weighted by Gasteiger charge is -2.15. The van der Waals surface area contributed by atoms with E-state index in [1.165, 1.54) is 6.92 Å². The molecule has 0 aliphatic carbocycles. The van der Waals surface area contributed by atoms with Crippen LogP contribution in [0.5, 0.6) is 0 Å². The summed E-state index contributed by atoms with van der Waals surface area (Å²) in [5, 5.41) is 4.98. The smallest absolute Gasteiger partial charge is 0.254 e. The first-order valence-electron chi connectivity index (χ1n) is 6.55. The zero-order valence-electron chi connectivity index (χ0n) is 12.2. The van der Waals surface area contributed by atoms with Crippen LogP contribution in [-0.4, -0.2) is 24.4 Å². The number of anilines is 1. The number of nitrogen functional groups attached to an aromatic ring is 1. The zero-order chi connectivity index (χ0) is 16.2. The van der Waals surface area contributed by atoms with E-state index >= 15 is 0 Å². The van der Waals surface area contributed by atoms with Gasteiger partial charge in [-0.2, -0.15) is 0 Å². The van der Waals surface area contributed by atoms with E-state index in [-0.39, 0.29) is 17.5 Å². The number of carbonyl (C=O) groups is 2. The summed E-state index contributed by atoms with van der Waals surface area (Å²) in [6, 6.07) is 0.592. The molecule has 1 aromatic rings. The quantitative estimate of drug-likeness (QED) is 0.719. The van der Waals surface area contributed by atoms with Crippen molar-refractivity contribution in [2.24, 2.45) is 5.92 Å². The summed E-state index contributed by atoms with van der Waals surface area (Å²) in [5.74, 6) is -2.91. The third-order valence-electron chi connectivity index (χ3n) is 2.76. The highest BCUT2D eigenvalue weighted by molar-refractivity contribution is 5.98. The van der Waals surface area contributed by atoms with Crippen molar-refractivity contribution < 1.29 is 18.4 Å². The molecule has 1 aromatic carbocycles. The van der Waals surface area contributed by atoms with Gasteiger partial charge in [-0.3, -0.25) is 9.59 Å². The van der Waals surface area contributed by atoms with Gasteiger partial charge < -0.3 is 16.4 Å². The van der Waals surface area contributed by atoms with Crippen molar-refractivity contribution in [2.75, 3.05) is 12.3 Å². The van der Waals surface area contributed by atoms with Crippen LogP contribution in [-0.2, 0) is 4.79 Å². The van der Waals surface area contributed by atoms with Gasteiger partial charge in [0.15, 0.2) is 0 Å². The average molecular weight is 299 g/mol. The number of benzene rings is 1. The maximum Gasteiger partial charge on any atom is 0.254 e. The lowest BCUT2D eigenvalue weighted by Crippen LogP contribution is -2.45. The molecule has 0 aliphatic rings. The molecule has 0 fully saturated rings. The summed E-state index contributed by atoms with van der Waals surface area (Å²) in [5.41, 5.74) is 4.56. The summed E-state index contributed by atoms with van der Waals surface area (Å²) in [7, 11) is 0. The SMILES string of the molecule is CC(C)CNC(=O)C(C)NC(=O)c1cc(N)c(F)cc1F. The van der Waals surface area contributed by atoms with Crippen molar-refractivity contribution >= 4 is 17.5 Å².